The summed E-state index contributed by atoms with van der Waals surface area (Å²) in [5, 5.41) is 6.32. The van der Waals surface area contributed by atoms with Crippen molar-refractivity contribution in [2.75, 3.05) is 32.8 Å². The number of fused-ring (bicyclic) bond motifs is 1. The van der Waals surface area contributed by atoms with Gasteiger partial charge in [0.05, 0.1) is 5.02 Å². The van der Waals surface area contributed by atoms with E-state index in [0.717, 1.165) is 30.8 Å². The van der Waals surface area contributed by atoms with E-state index in [9.17, 15) is 4.79 Å². The lowest BCUT2D eigenvalue weighted by Gasteiger charge is -2.20. The van der Waals surface area contributed by atoms with E-state index < -0.39 is 0 Å². The number of carbonyl (C=O) groups excluding carboxylic acids is 1. The van der Waals surface area contributed by atoms with Crippen LogP contribution in [0, 0.1) is 0 Å². The highest BCUT2D eigenvalue weighted by Crippen LogP contribution is 2.38. The summed E-state index contributed by atoms with van der Waals surface area (Å²) in [6, 6.07) is 12.0. The fourth-order valence-electron chi connectivity index (χ4n) is 3.34. The molecule has 0 radical (unpaired) electrons. The first-order valence-electron chi connectivity index (χ1n) is 10.5. The van der Waals surface area contributed by atoms with Crippen molar-refractivity contribution in [3.05, 3.63) is 58.1 Å². The van der Waals surface area contributed by atoms with Crippen molar-refractivity contribution in [3.63, 3.8) is 0 Å². The third kappa shape index (κ3) is 6.28. The Morgan fingerprint density at radius 3 is 2.43 bits per heavy atom. The summed E-state index contributed by atoms with van der Waals surface area (Å²) in [6.45, 7) is 9.39. The average Bonchev–Trinajstić information content (AvgIpc) is 2.77. The highest BCUT2D eigenvalue weighted by molar-refractivity contribution is 6.32. The Labute approximate surface area is 183 Å². The quantitative estimate of drug-likeness (QED) is 0.630. The molecule has 3 rings (SSSR count). The maximum Gasteiger partial charge on any atom is 0.315 e. The number of hydrogen-bond acceptors (Lipinski definition) is 4. The minimum Gasteiger partial charge on any atom is -0.486 e. The van der Waals surface area contributed by atoms with Crippen LogP contribution < -0.4 is 20.1 Å². The Kier molecular flexibility index (Phi) is 8.22. The van der Waals surface area contributed by atoms with Crippen molar-refractivity contribution < 1.29 is 14.3 Å². The molecule has 162 valence electrons. The Hall–Kier alpha value is -2.44. The van der Waals surface area contributed by atoms with Crippen LogP contribution in [-0.2, 0) is 19.5 Å². The van der Waals surface area contributed by atoms with Crippen LogP contribution in [0.2, 0.25) is 5.02 Å². The molecule has 2 amide bonds. The van der Waals surface area contributed by atoms with Crippen LogP contribution in [0.25, 0.3) is 0 Å². The van der Waals surface area contributed by atoms with Crippen LogP contribution in [-0.4, -0.2) is 43.8 Å². The number of benzene rings is 2. The zero-order chi connectivity index (χ0) is 21.3. The maximum absolute atomic E-state index is 12.1. The van der Waals surface area contributed by atoms with E-state index in [1.54, 1.807) is 0 Å². The Bertz CT molecular complexity index is 838. The molecule has 0 saturated carbocycles. The van der Waals surface area contributed by atoms with Crippen LogP contribution in [0.4, 0.5) is 4.79 Å². The molecule has 1 heterocycles. The van der Waals surface area contributed by atoms with Gasteiger partial charge in [0.2, 0.25) is 0 Å². The van der Waals surface area contributed by atoms with Crippen molar-refractivity contribution in [2.24, 2.45) is 0 Å². The molecule has 0 unspecified atom stereocenters. The van der Waals surface area contributed by atoms with Crippen LogP contribution in [0.15, 0.2) is 36.4 Å². The molecule has 30 heavy (non-hydrogen) atoms. The van der Waals surface area contributed by atoms with Gasteiger partial charge in [0.1, 0.15) is 13.2 Å². The largest absolute Gasteiger partial charge is 0.486 e. The molecule has 2 aromatic carbocycles. The second-order valence-corrected chi connectivity index (χ2v) is 7.65. The van der Waals surface area contributed by atoms with Crippen molar-refractivity contribution in [1.82, 2.24) is 15.5 Å². The van der Waals surface area contributed by atoms with Crippen molar-refractivity contribution >= 4 is 17.6 Å². The lowest BCUT2D eigenvalue weighted by Crippen LogP contribution is -2.36. The lowest BCUT2D eigenvalue weighted by atomic mass is 10.1. The summed E-state index contributed by atoms with van der Waals surface area (Å²) in [7, 11) is 0. The van der Waals surface area contributed by atoms with Crippen molar-refractivity contribution in [1.29, 1.82) is 0 Å². The molecule has 0 atom stereocenters. The van der Waals surface area contributed by atoms with Crippen molar-refractivity contribution in [2.45, 2.75) is 33.4 Å². The van der Waals surface area contributed by atoms with Gasteiger partial charge in [-0.1, -0.05) is 49.7 Å². The van der Waals surface area contributed by atoms with Gasteiger partial charge in [-0.05, 0) is 48.3 Å². The van der Waals surface area contributed by atoms with Gasteiger partial charge in [-0.3, -0.25) is 4.90 Å². The second kappa shape index (κ2) is 11.1. The van der Waals surface area contributed by atoms with E-state index in [4.69, 9.17) is 21.1 Å². The number of hydrogen-bond donors (Lipinski definition) is 2. The predicted molar refractivity (Wildman–Crippen MR) is 119 cm³/mol. The molecule has 6 nitrogen and oxygen atoms in total. The molecule has 0 spiro atoms. The van der Waals surface area contributed by atoms with Crippen LogP contribution in [0.1, 0.15) is 30.5 Å². The van der Waals surface area contributed by atoms with Crippen molar-refractivity contribution in [3.8, 4) is 11.5 Å². The number of urea groups is 1. The average molecular weight is 432 g/mol. The first kappa shape index (κ1) is 22.2. The number of carbonyl (C=O) groups is 1. The fraction of sp³-hybridized carbons (Fsp3) is 0.435. The smallest absolute Gasteiger partial charge is 0.315 e. The minimum absolute atomic E-state index is 0.189. The third-order valence-corrected chi connectivity index (χ3v) is 5.41. The number of ether oxygens (including phenoxy) is 2. The van der Waals surface area contributed by atoms with Gasteiger partial charge < -0.3 is 20.1 Å². The van der Waals surface area contributed by atoms with Gasteiger partial charge in [0, 0.05) is 19.6 Å². The minimum atomic E-state index is -0.189. The molecule has 7 heteroatoms. The molecule has 0 fully saturated rings. The number of nitrogens with one attached hydrogen (secondary N) is 2. The van der Waals surface area contributed by atoms with Gasteiger partial charge in [-0.25, -0.2) is 4.79 Å². The monoisotopic (exact) mass is 431 g/mol. The normalized spacial score (nSPS) is 12.7. The number of rotatable bonds is 9. The number of halogens is 1. The Morgan fingerprint density at radius 2 is 1.70 bits per heavy atom. The zero-order valence-electron chi connectivity index (χ0n) is 17.7. The van der Waals surface area contributed by atoms with E-state index in [0.29, 0.717) is 49.2 Å². The molecular weight excluding hydrogens is 402 g/mol. The molecule has 0 saturated heterocycles. The van der Waals surface area contributed by atoms with E-state index >= 15 is 0 Å². The van der Waals surface area contributed by atoms with Crippen LogP contribution >= 0.6 is 11.6 Å². The van der Waals surface area contributed by atoms with Gasteiger partial charge >= 0.3 is 6.03 Å². The summed E-state index contributed by atoms with van der Waals surface area (Å²) in [5.74, 6) is 1.26. The SMILES string of the molecule is CCN(CC)Cc1ccc(CNC(=O)NCCc2cc(Cl)c3c(c2)OCCO3)cc1. The summed E-state index contributed by atoms with van der Waals surface area (Å²) in [5.41, 5.74) is 3.35. The molecule has 0 aliphatic carbocycles. The molecular formula is C23H30ClN3O3. The molecule has 1 aliphatic rings. The van der Waals surface area contributed by atoms with Crippen LogP contribution in [0.3, 0.4) is 0 Å². The predicted octanol–water partition coefficient (Wildman–Crippen LogP) is 3.99. The highest BCUT2D eigenvalue weighted by atomic mass is 35.5. The Balaban J connectivity index is 1.40. The zero-order valence-corrected chi connectivity index (χ0v) is 18.4. The van der Waals surface area contributed by atoms with E-state index in [1.165, 1.54) is 5.56 Å². The highest BCUT2D eigenvalue weighted by Gasteiger charge is 2.16. The lowest BCUT2D eigenvalue weighted by molar-refractivity contribution is 0.171. The number of nitrogens with zero attached hydrogens (tertiary/aromatic N) is 1. The van der Waals surface area contributed by atoms with Crippen LogP contribution in [0.5, 0.6) is 11.5 Å². The van der Waals surface area contributed by atoms with E-state index in [-0.39, 0.29) is 6.03 Å². The first-order valence-corrected chi connectivity index (χ1v) is 10.9. The molecule has 0 bridgehead atoms. The standard InChI is InChI=1S/C23H30ClN3O3/c1-3-27(4-2)16-18-7-5-17(6-8-18)15-26-23(28)25-10-9-19-13-20(24)22-21(14-19)29-11-12-30-22/h5-8,13-14H,3-4,9-12,15-16H2,1-2H3,(H2,25,26,28). The molecule has 1 aliphatic heterocycles. The second-order valence-electron chi connectivity index (χ2n) is 7.24. The third-order valence-electron chi connectivity index (χ3n) is 5.13. The Morgan fingerprint density at radius 1 is 1.00 bits per heavy atom. The fourth-order valence-corrected chi connectivity index (χ4v) is 3.63. The van der Waals surface area contributed by atoms with Gasteiger partial charge in [0.25, 0.3) is 0 Å². The summed E-state index contributed by atoms with van der Waals surface area (Å²) in [6.07, 6.45) is 0.657. The topological polar surface area (TPSA) is 62.8 Å². The van der Waals surface area contributed by atoms with Gasteiger partial charge in [-0.2, -0.15) is 0 Å². The van der Waals surface area contributed by atoms with Gasteiger partial charge in [0.15, 0.2) is 11.5 Å². The first-order chi connectivity index (χ1) is 14.6. The van der Waals surface area contributed by atoms with Gasteiger partial charge in [-0.15, -0.1) is 0 Å². The molecule has 2 aromatic rings. The maximum atomic E-state index is 12.1. The molecule has 2 N–H and O–H groups in total. The summed E-state index contributed by atoms with van der Waals surface area (Å²) >= 11 is 6.25. The molecule has 0 aromatic heterocycles. The summed E-state index contributed by atoms with van der Waals surface area (Å²) in [4.78, 5) is 14.5. The van der Waals surface area contributed by atoms with E-state index in [2.05, 4.69) is 53.6 Å². The summed E-state index contributed by atoms with van der Waals surface area (Å²) < 4.78 is 11.1. The van der Waals surface area contributed by atoms with E-state index in [1.807, 2.05) is 12.1 Å². The number of amides is 2.